The Morgan fingerprint density at radius 2 is 2.13 bits per heavy atom. The second-order valence-corrected chi connectivity index (χ2v) is 3.36. The predicted molar refractivity (Wildman–Crippen MR) is 67.3 cm³/mol. The topological polar surface area (TPSA) is 43.3 Å². The van der Waals surface area contributed by atoms with E-state index in [-0.39, 0.29) is 24.8 Å². The van der Waals surface area contributed by atoms with Crippen LogP contribution in [0.4, 0.5) is 0 Å². The van der Waals surface area contributed by atoms with Crippen LogP contribution in [0.25, 0.3) is 5.65 Å². The van der Waals surface area contributed by atoms with E-state index in [1.54, 1.807) is 0 Å². The summed E-state index contributed by atoms with van der Waals surface area (Å²) in [4.78, 5) is 4.34. The molecule has 0 aliphatic rings. The quantitative estimate of drug-likeness (QED) is 0.864. The summed E-state index contributed by atoms with van der Waals surface area (Å²) in [5, 5.41) is 0.695. The lowest BCUT2D eigenvalue weighted by Gasteiger charge is -1.98. The molecular formula is C9H12Cl3N3. The largest absolute Gasteiger partial charge is 0.325 e. The summed E-state index contributed by atoms with van der Waals surface area (Å²) in [5.41, 5.74) is 8.45. The Labute approximate surface area is 105 Å². The molecule has 2 aromatic rings. The Balaban J connectivity index is 0.000000980. The lowest BCUT2D eigenvalue weighted by Crippen LogP contribution is -2.02. The van der Waals surface area contributed by atoms with Gasteiger partial charge in [-0.05, 0) is 13.0 Å². The van der Waals surface area contributed by atoms with Crippen molar-refractivity contribution in [2.75, 3.05) is 0 Å². The highest BCUT2D eigenvalue weighted by Gasteiger charge is 2.06. The van der Waals surface area contributed by atoms with E-state index in [4.69, 9.17) is 17.3 Å². The van der Waals surface area contributed by atoms with Crippen molar-refractivity contribution in [3.8, 4) is 0 Å². The average Bonchev–Trinajstić information content (AvgIpc) is 2.39. The third-order valence-corrected chi connectivity index (χ3v) is 2.32. The van der Waals surface area contributed by atoms with E-state index < -0.39 is 0 Å². The van der Waals surface area contributed by atoms with Crippen molar-refractivity contribution in [1.82, 2.24) is 9.38 Å². The Kier molecular flexibility index (Phi) is 5.38. The number of aromatic nitrogens is 2. The van der Waals surface area contributed by atoms with Crippen LogP contribution in [0.3, 0.4) is 0 Å². The first-order valence-corrected chi connectivity index (χ1v) is 4.43. The summed E-state index contributed by atoms with van der Waals surface area (Å²) in [5.74, 6) is 0. The third kappa shape index (κ3) is 2.55. The maximum absolute atomic E-state index is 5.84. The highest BCUT2D eigenvalue weighted by Crippen LogP contribution is 2.15. The Bertz CT molecular complexity index is 453. The number of aryl methyl sites for hydroxylation is 1. The second kappa shape index (κ2) is 5.56. The first-order valence-electron chi connectivity index (χ1n) is 4.05. The smallest absolute Gasteiger partial charge is 0.138 e. The number of fused-ring (bicyclic) bond motifs is 1. The number of hydrogen-bond donors (Lipinski definition) is 1. The molecule has 0 bridgehead atoms. The van der Waals surface area contributed by atoms with E-state index in [1.807, 2.05) is 29.7 Å². The molecule has 0 atom stereocenters. The molecule has 84 valence electrons. The van der Waals surface area contributed by atoms with Crippen LogP contribution >= 0.6 is 36.4 Å². The molecule has 0 amide bonds. The molecule has 6 heteroatoms. The Morgan fingerprint density at radius 1 is 1.47 bits per heavy atom. The number of rotatable bonds is 1. The van der Waals surface area contributed by atoms with E-state index in [0.29, 0.717) is 11.6 Å². The van der Waals surface area contributed by atoms with Gasteiger partial charge in [0, 0.05) is 23.8 Å². The van der Waals surface area contributed by atoms with E-state index in [0.717, 1.165) is 17.0 Å². The molecule has 0 unspecified atom stereocenters. The van der Waals surface area contributed by atoms with Gasteiger partial charge in [0.05, 0.1) is 11.4 Å². The molecular weight excluding hydrogens is 256 g/mol. The van der Waals surface area contributed by atoms with Gasteiger partial charge in [-0.25, -0.2) is 4.98 Å². The Hall–Kier alpha value is -0.480. The van der Waals surface area contributed by atoms with E-state index in [9.17, 15) is 0 Å². The number of nitrogens with two attached hydrogens (primary N) is 1. The number of nitrogens with zero attached hydrogens (tertiary/aromatic N) is 2. The zero-order valence-corrected chi connectivity index (χ0v) is 10.5. The van der Waals surface area contributed by atoms with Crippen molar-refractivity contribution in [2.45, 2.75) is 13.5 Å². The predicted octanol–water partition coefficient (Wildman–Crippen LogP) is 2.60. The molecule has 0 aromatic carbocycles. The van der Waals surface area contributed by atoms with E-state index >= 15 is 0 Å². The standard InChI is InChI=1S/C9H10ClN3.2ClH/c1-6-8(5-11)13-3-2-7(10)4-9(13)12-6;;/h2-4H,5,11H2,1H3;2*1H. The summed E-state index contributed by atoms with van der Waals surface area (Å²) in [6, 6.07) is 3.66. The fourth-order valence-electron chi connectivity index (χ4n) is 1.43. The molecule has 2 aromatic heterocycles. The van der Waals surface area contributed by atoms with Gasteiger partial charge in [-0.2, -0.15) is 0 Å². The molecule has 0 saturated carbocycles. The first-order chi connectivity index (χ1) is 6.22. The average molecular weight is 269 g/mol. The van der Waals surface area contributed by atoms with Crippen LogP contribution in [0.1, 0.15) is 11.4 Å². The monoisotopic (exact) mass is 267 g/mol. The third-order valence-electron chi connectivity index (χ3n) is 2.08. The maximum Gasteiger partial charge on any atom is 0.138 e. The summed E-state index contributed by atoms with van der Waals surface area (Å²) < 4.78 is 1.96. The molecule has 2 N–H and O–H groups in total. The maximum atomic E-state index is 5.84. The van der Waals surface area contributed by atoms with E-state index in [2.05, 4.69) is 4.98 Å². The van der Waals surface area contributed by atoms with Crippen molar-refractivity contribution in [3.05, 3.63) is 34.7 Å². The zero-order valence-electron chi connectivity index (χ0n) is 8.11. The molecule has 0 spiro atoms. The highest BCUT2D eigenvalue weighted by atomic mass is 35.5. The molecule has 0 fully saturated rings. The minimum atomic E-state index is 0. The summed E-state index contributed by atoms with van der Waals surface area (Å²) >= 11 is 5.84. The van der Waals surface area contributed by atoms with E-state index in [1.165, 1.54) is 0 Å². The number of hydrogen-bond acceptors (Lipinski definition) is 2. The molecule has 0 saturated heterocycles. The van der Waals surface area contributed by atoms with Gasteiger partial charge < -0.3 is 10.1 Å². The van der Waals surface area contributed by atoms with Crippen LogP contribution in [-0.2, 0) is 6.54 Å². The number of halogens is 3. The van der Waals surface area contributed by atoms with Crippen LogP contribution in [-0.4, -0.2) is 9.38 Å². The van der Waals surface area contributed by atoms with Gasteiger partial charge in [-0.3, -0.25) is 0 Å². The molecule has 0 aliphatic carbocycles. The molecule has 0 aliphatic heterocycles. The van der Waals surface area contributed by atoms with Gasteiger partial charge in [-0.1, -0.05) is 11.6 Å². The van der Waals surface area contributed by atoms with Gasteiger partial charge in [-0.15, -0.1) is 24.8 Å². The second-order valence-electron chi connectivity index (χ2n) is 2.92. The minimum Gasteiger partial charge on any atom is -0.325 e. The number of pyridine rings is 1. The fourth-order valence-corrected chi connectivity index (χ4v) is 1.59. The summed E-state index contributed by atoms with van der Waals surface area (Å²) in [7, 11) is 0. The molecule has 2 rings (SSSR count). The van der Waals surface area contributed by atoms with Crippen LogP contribution in [0.2, 0.25) is 5.02 Å². The first kappa shape index (κ1) is 14.5. The van der Waals surface area contributed by atoms with Crippen LogP contribution in [0.5, 0.6) is 0 Å². The molecule has 2 heterocycles. The van der Waals surface area contributed by atoms with Gasteiger partial charge in [0.2, 0.25) is 0 Å². The molecule has 0 radical (unpaired) electrons. The van der Waals surface area contributed by atoms with Crippen LogP contribution < -0.4 is 5.73 Å². The SMILES string of the molecule is Cc1nc2cc(Cl)ccn2c1CN.Cl.Cl. The Morgan fingerprint density at radius 3 is 2.73 bits per heavy atom. The van der Waals surface area contributed by atoms with Crippen molar-refractivity contribution >= 4 is 42.1 Å². The fraction of sp³-hybridized carbons (Fsp3) is 0.222. The van der Waals surface area contributed by atoms with Gasteiger partial charge >= 0.3 is 0 Å². The van der Waals surface area contributed by atoms with Crippen molar-refractivity contribution in [1.29, 1.82) is 0 Å². The summed E-state index contributed by atoms with van der Waals surface area (Å²) in [6.45, 7) is 2.44. The lowest BCUT2D eigenvalue weighted by atomic mass is 10.3. The summed E-state index contributed by atoms with van der Waals surface area (Å²) in [6.07, 6.45) is 1.89. The van der Waals surface area contributed by atoms with Crippen LogP contribution in [0, 0.1) is 6.92 Å². The van der Waals surface area contributed by atoms with Crippen molar-refractivity contribution in [2.24, 2.45) is 5.73 Å². The van der Waals surface area contributed by atoms with Crippen molar-refractivity contribution in [3.63, 3.8) is 0 Å². The van der Waals surface area contributed by atoms with Crippen LogP contribution in [0.15, 0.2) is 18.3 Å². The van der Waals surface area contributed by atoms with Gasteiger partial charge in [0.25, 0.3) is 0 Å². The highest BCUT2D eigenvalue weighted by molar-refractivity contribution is 6.30. The van der Waals surface area contributed by atoms with Crippen molar-refractivity contribution < 1.29 is 0 Å². The molecule has 3 nitrogen and oxygen atoms in total. The van der Waals surface area contributed by atoms with Gasteiger partial charge in [0.15, 0.2) is 0 Å². The zero-order chi connectivity index (χ0) is 9.42. The molecule has 15 heavy (non-hydrogen) atoms. The lowest BCUT2D eigenvalue weighted by molar-refractivity contribution is 0.944. The number of imidazole rings is 1. The van der Waals surface area contributed by atoms with Gasteiger partial charge in [0.1, 0.15) is 5.65 Å². The normalized spacial score (nSPS) is 9.53. The minimum absolute atomic E-state index is 0.